The molecule has 3 nitrogen and oxygen atoms in total. The Morgan fingerprint density at radius 1 is 1.33 bits per heavy atom. The minimum absolute atomic E-state index is 0.0196. The molecule has 0 spiro atoms. The first-order valence-electron chi connectivity index (χ1n) is 6.20. The number of benzene rings is 1. The minimum Gasteiger partial charge on any atom is -0.324 e. The van der Waals surface area contributed by atoms with Crippen molar-refractivity contribution in [1.82, 2.24) is 5.32 Å². The molecule has 0 fully saturated rings. The van der Waals surface area contributed by atoms with E-state index in [1.165, 1.54) is 0 Å². The fourth-order valence-electron chi connectivity index (χ4n) is 1.40. The van der Waals surface area contributed by atoms with Crippen LogP contribution in [0.25, 0.3) is 0 Å². The molecule has 4 heteroatoms. The van der Waals surface area contributed by atoms with E-state index in [4.69, 9.17) is 0 Å². The van der Waals surface area contributed by atoms with Crippen LogP contribution in [-0.4, -0.2) is 19.0 Å². The van der Waals surface area contributed by atoms with Crippen LogP contribution in [0.3, 0.4) is 0 Å². The maximum absolute atomic E-state index is 11.7. The van der Waals surface area contributed by atoms with Gasteiger partial charge in [0.2, 0.25) is 5.91 Å². The third-order valence-electron chi connectivity index (χ3n) is 2.99. The first-order valence-corrected chi connectivity index (χ1v) is 6.99. The van der Waals surface area contributed by atoms with Crippen molar-refractivity contribution in [2.45, 2.75) is 27.2 Å². The first kappa shape index (κ1) is 15.2. The second-order valence-corrected chi connectivity index (χ2v) is 6.00. The SMILES string of the molecule is CCC(C)(C)CNCC(=O)Nc1ccccc1Br. The van der Waals surface area contributed by atoms with Crippen molar-refractivity contribution in [3.05, 3.63) is 28.7 Å². The number of hydrogen-bond donors (Lipinski definition) is 2. The quantitative estimate of drug-likeness (QED) is 0.845. The van der Waals surface area contributed by atoms with Crippen molar-refractivity contribution < 1.29 is 4.79 Å². The first-order chi connectivity index (χ1) is 8.44. The number of carbonyl (C=O) groups excluding carboxylic acids is 1. The summed E-state index contributed by atoms with van der Waals surface area (Å²) in [5, 5.41) is 6.05. The number of amides is 1. The minimum atomic E-state index is -0.0196. The van der Waals surface area contributed by atoms with Crippen molar-refractivity contribution in [2.24, 2.45) is 5.41 Å². The summed E-state index contributed by atoms with van der Waals surface area (Å²) >= 11 is 3.40. The molecule has 0 heterocycles. The molecule has 0 aromatic heterocycles. The highest BCUT2D eigenvalue weighted by molar-refractivity contribution is 9.10. The predicted molar refractivity (Wildman–Crippen MR) is 79.7 cm³/mol. The summed E-state index contributed by atoms with van der Waals surface area (Å²) in [6.07, 6.45) is 1.09. The smallest absolute Gasteiger partial charge is 0.238 e. The Kier molecular flexibility index (Phi) is 5.82. The molecule has 1 aromatic carbocycles. The Morgan fingerprint density at radius 3 is 2.61 bits per heavy atom. The zero-order valence-corrected chi connectivity index (χ0v) is 12.8. The summed E-state index contributed by atoms with van der Waals surface area (Å²) in [5.74, 6) is -0.0196. The van der Waals surface area contributed by atoms with Gasteiger partial charge >= 0.3 is 0 Å². The number of carbonyl (C=O) groups is 1. The van der Waals surface area contributed by atoms with E-state index in [1.54, 1.807) is 0 Å². The van der Waals surface area contributed by atoms with E-state index in [0.29, 0.717) is 6.54 Å². The number of halogens is 1. The van der Waals surface area contributed by atoms with Crippen LogP contribution in [0.1, 0.15) is 27.2 Å². The summed E-state index contributed by atoms with van der Waals surface area (Å²) in [5.41, 5.74) is 1.03. The van der Waals surface area contributed by atoms with E-state index >= 15 is 0 Å². The molecule has 18 heavy (non-hydrogen) atoms. The van der Waals surface area contributed by atoms with Gasteiger partial charge < -0.3 is 10.6 Å². The van der Waals surface area contributed by atoms with Gasteiger partial charge in [-0.3, -0.25) is 4.79 Å². The van der Waals surface area contributed by atoms with E-state index in [2.05, 4.69) is 47.3 Å². The lowest BCUT2D eigenvalue weighted by molar-refractivity contribution is -0.115. The molecule has 0 saturated heterocycles. The van der Waals surface area contributed by atoms with Gasteiger partial charge in [0.25, 0.3) is 0 Å². The van der Waals surface area contributed by atoms with E-state index in [1.807, 2.05) is 24.3 Å². The lowest BCUT2D eigenvalue weighted by Gasteiger charge is -2.22. The highest BCUT2D eigenvalue weighted by Gasteiger charge is 2.14. The maximum atomic E-state index is 11.7. The Labute approximate surface area is 117 Å². The number of anilines is 1. The summed E-state index contributed by atoms with van der Waals surface area (Å²) in [4.78, 5) is 11.7. The van der Waals surface area contributed by atoms with Gasteiger partial charge in [-0.15, -0.1) is 0 Å². The highest BCUT2D eigenvalue weighted by atomic mass is 79.9. The number of hydrogen-bond acceptors (Lipinski definition) is 2. The van der Waals surface area contributed by atoms with Crippen LogP contribution in [-0.2, 0) is 4.79 Å². The molecule has 1 aromatic rings. The van der Waals surface area contributed by atoms with Gasteiger partial charge in [0.05, 0.1) is 12.2 Å². The van der Waals surface area contributed by atoms with Crippen LogP contribution in [0.15, 0.2) is 28.7 Å². The van der Waals surface area contributed by atoms with Gasteiger partial charge in [-0.05, 0) is 39.9 Å². The predicted octanol–water partition coefficient (Wildman–Crippen LogP) is 3.41. The van der Waals surface area contributed by atoms with Crippen LogP contribution in [0.4, 0.5) is 5.69 Å². The van der Waals surface area contributed by atoms with Crippen molar-refractivity contribution in [1.29, 1.82) is 0 Å². The van der Waals surface area contributed by atoms with Gasteiger partial charge in [-0.25, -0.2) is 0 Å². The van der Waals surface area contributed by atoms with Crippen molar-refractivity contribution in [3.8, 4) is 0 Å². The van der Waals surface area contributed by atoms with E-state index < -0.39 is 0 Å². The average Bonchev–Trinajstić information content (AvgIpc) is 2.32. The second kappa shape index (κ2) is 6.90. The normalized spacial score (nSPS) is 11.3. The number of nitrogens with one attached hydrogen (secondary N) is 2. The van der Waals surface area contributed by atoms with Crippen molar-refractivity contribution in [2.75, 3.05) is 18.4 Å². The molecule has 0 aliphatic heterocycles. The fraction of sp³-hybridized carbons (Fsp3) is 0.500. The van der Waals surface area contributed by atoms with E-state index in [0.717, 1.165) is 23.1 Å². The summed E-state index contributed by atoms with van der Waals surface area (Å²) in [7, 11) is 0. The van der Waals surface area contributed by atoms with Gasteiger partial charge in [-0.2, -0.15) is 0 Å². The fourth-order valence-corrected chi connectivity index (χ4v) is 1.78. The lowest BCUT2D eigenvalue weighted by atomic mass is 9.90. The maximum Gasteiger partial charge on any atom is 0.238 e. The van der Waals surface area contributed by atoms with Gasteiger partial charge in [0, 0.05) is 11.0 Å². The Balaban J connectivity index is 2.37. The zero-order valence-electron chi connectivity index (χ0n) is 11.2. The van der Waals surface area contributed by atoms with Crippen molar-refractivity contribution >= 4 is 27.5 Å². The van der Waals surface area contributed by atoms with Crippen molar-refractivity contribution in [3.63, 3.8) is 0 Å². The third kappa shape index (κ3) is 5.19. The van der Waals surface area contributed by atoms with E-state index in [9.17, 15) is 4.79 Å². The summed E-state index contributed by atoms with van der Waals surface area (Å²) < 4.78 is 0.896. The summed E-state index contributed by atoms with van der Waals surface area (Å²) in [6.45, 7) is 7.71. The monoisotopic (exact) mass is 312 g/mol. The molecule has 0 atom stereocenters. The number of para-hydroxylation sites is 1. The third-order valence-corrected chi connectivity index (χ3v) is 3.69. The Morgan fingerprint density at radius 2 is 2.00 bits per heavy atom. The second-order valence-electron chi connectivity index (χ2n) is 5.15. The highest BCUT2D eigenvalue weighted by Crippen LogP contribution is 2.21. The van der Waals surface area contributed by atoms with Gasteiger partial charge in [0.1, 0.15) is 0 Å². The molecule has 0 radical (unpaired) electrons. The van der Waals surface area contributed by atoms with Crippen LogP contribution in [0.2, 0.25) is 0 Å². The molecule has 0 bridgehead atoms. The number of rotatable bonds is 6. The molecule has 1 amide bonds. The Bertz CT molecular complexity index is 405. The standard InChI is InChI=1S/C14H21BrN2O/c1-4-14(2,3)10-16-9-13(18)17-12-8-6-5-7-11(12)15/h5-8,16H,4,9-10H2,1-3H3,(H,17,18). The molecule has 0 saturated carbocycles. The molecule has 2 N–H and O–H groups in total. The zero-order chi connectivity index (χ0) is 13.6. The van der Waals surface area contributed by atoms with Crippen LogP contribution < -0.4 is 10.6 Å². The Hall–Kier alpha value is -0.870. The molecule has 0 aliphatic carbocycles. The van der Waals surface area contributed by atoms with Crippen LogP contribution in [0.5, 0.6) is 0 Å². The largest absolute Gasteiger partial charge is 0.324 e. The molecule has 100 valence electrons. The average molecular weight is 313 g/mol. The molecular weight excluding hydrogens is 292 g/mol. The van der Waals surface area contributed by atoms with Gasteiger partial charge in [0.15, 0.2) is 0 Å². The van der Waals surface area contributed by atoms with Gasteiger partial charge in [-0.1, -0.05) is 32.9 Å². The molecule has 1 rings (SSSR count). The molecule has 0 aliphatic rings. The summed E-state index contributed by atoms with van der Waals surface area (Å²) in [6, 6.07) is 7.59. The molecule has 0 unspecified atom stereocenters. The van der Waals surface area contributed by atoms with Crippen LogP contribution in [0, 0.1) is 5.41 Å². The van der Waals surface area contributed by atoms with Crippen LogP contribution >= 0.6 is 15.9 Å². The lowest BCUT2D eigenvalue weighted by Crippen LogP contribution is -2.35. The van der Waals surface area contributed by atoms with E-state index in [-0.39, 0.29) is 11.3 Å². The molecular formula is C14H21BrN2O. The topological polar surface area (TPSA) is 41.1 Å².